The first-order chi connectivity index (χ1) is 27.8. The summed E-state index contributed by atoms with van der Waals surface area (Å²) in [6.07, 6.45) is 22.3. The van der Waals surface area contributed by atoms with Crippen molar-refractivity contribution in [2.45, 2.75) is 0 Å². The fraction of sp³-hybridized carbons (Fsp3) is 0. The van der Waals surface area contributed by atoms with Crippen LogP contribution in [0.5, 0.6) is 0 Å². The van der Waals surface area contributed by atoms with Gasteiger partial charge in [-0.2, -0.15) is 0 Å². The molecule has 13 rings (SSSR count). The molecule has 0 atom stereocenters. The van der Waals surface area contributed by atoms with E-state index in [-0.39, 0.29) is 27.9 Å². The predicted octanol–water partition coefficient (Wildman–Crippen LogP) is 7.13. The normalized spacial score (nSPS) is 17.5. The minimum absolute atomic E-state index is 0.0181. The van der Waals surface area contributed by atoms with E-state index in [1.807, 2.05) is 0 Å². The largest absolute Gasteiger partial charge is 0.423 e. The third kappa shape index (κ3) is 3.99. The maximum Gasteiger partial charge on any atom is 0.380 e. The molecule has 0 N–H and O–H groups in total. The SMILES string of the molecule is C1=CB2N3C=CC=CB3N3C=C(n4c5ccccc5n5c6ccccc6nc45)C=CB3N3C=C(n4c5ccccc5n5c6ccccc6nc45)C=CB3N2C=C1. The summed E-state index contributed by atoms with van der Waals surface area (Å²) < 4.78 is 19.1. The van der Waals surface area contributed by atoms with Crippen LogP contribution < -0.4 is 0 Å². The van der Waals surface area contributed by atoms with Crippen LogP contribution in [0, 0.1) is 0 Å². The van der Waals surface area contributed by atoms with Crippen molar-refractivity contribution in [3.8, 4) is 0 Å². The maximum absolute atomic E-state index is 5.20. The maximum atomic E-state index is 5.20. The zero-order valence-corrected chi connectivity index (χ0v) is 30.1. The number of rotatable bonds is 2. The Kier molecular flexibility index (Phi) is 6.02. The Hall–Kier alpha value is -7.20. The van der Waals surface area contributed by atoms with Crippen molar-refractivity contribution >= 4 is 95.0 Å². The molecule has 9 heterocycles. The van der Waals surface area contributed by atoms with Crippen molar-refractivity contribution in [1.29, 1.82) is 0 Å². The van der Waals surface area contributed by atoms with Crippen LogP contribution in [0.15, 0.2) is 182 Å². The van der Waals surface area contributed by atoms with Crippen molar-refractivity contribution in [2.24, 2.45) is 0 Å². The van der Waals surface area contributed by atoms with Gasteiger partial charge in [-0.25, -0.2) is 9.97 Å². The summed E-state index contributed by atoms with van der Waals surface area (Å²) in [5.74, 6) is 11.1. The molecule has 0 aliphatic carbocycles. The van der Waals surface area contributed by atoms with Gasteiger partial charge < -0.3 is 18.9 Å². The van der Waals surface area contributed by atoms with Gasteiger partial charge in [0.2, 0.25) is 11.6 Å². The van der Waals surface area contributed by atoms with Crippen LogP contribution in [0.2, 0.25) is 0 Å². The van der Waals surface area contributed by atoms with Crippen molar-refractivity contribution in [3.63, 3.8) is 0 Å². The van der Waals surface area contributed by atoms with Gasteiger partial charge in [0, 0.05) is 12.4 Å². The van der Waals surface area contributed by atoms with Gasteiger partial charge in [-0.05, 0) is 85.2 Å². The van der Waals surface area contributed by atoms with Gasteiger partial charge in [0.05, 0.1) is 55.5 Å². The molecule has 0 unspecified atom stereocenters. The number of para-hydroxylation sites is 8. The topological polar surface area (TPSA) is 57.4 Å². The lowest BCUT2D eigenvalue weighted by Gasteiger charge is -2.53. The summed E-state index contributed by atoms with van der Waals surface area (Å²) in [4.78, 5) is 10.4. The number of imidazole rings is 4. The lowest BCUT2D eigenvalue weighted by Crippen LogP contribution is -2.73. The van der Waals surface area contributed by atoms with Crippen LogP contribution in [0.1, 0.15) is 0 Å². The molecule has 260 valence electrons. The van der Waals surface area contributed by atoms with Crippen LogP contribution in [-0.2, 0) is 0 Å². The van der Waals surface area contributed by atoms with Crippen LogP contribution >= 0.6 is 0 Å². The molecule has 1 fully saturated rings. The van der Waals surface area contributed by atoms with E-state index in [0.717, 1.165) is 67.1 Å². The zero-order chi connectivity index (χ0) is 36.5. The third-order valence-corrected chi connectivity index (χ3v) is 11.9. The second kappa shape index (κ2) is 11.2. The standard InChI is InChI=1S/C42H30B4N10/c1-3-15-35-33(13-1)47-41-53(37-17-5-7-19-39(37)55(35)41)31-21-25-45-50-28-11-9-23-43(50)49-27-12-10-24-44(49)51-29-32(22-26-46(51)52(45)30-31)54-38-18-6-8-20-40(38)56-36-16-4-2-14-34(36)48-42(54)56/h1-30H. The molecule has 56 heavy (non-hydrogen) atoms. The quantitative estimate of drug-likeness (QED) is 0.178. The zero-order valence-electron chi connectivity index (χ0n) is 30.1. The van der Waals surface area contributed by atoms with E-state index in [2.05, 4.69) is 219 Å². The Morgan fingerprint density at radius 3 is 1.27 bits per heavy atom. The molecule has 0 bridgehead atoms. The number of fused-ring (bicyclic) bond motifs is 18. The van der Waals surface area contributed by atoms with Crippen LogP contribution in [0.3, 0.4) is 0 Å². The Balaban J connectivity index is 1.02. The first-order valence-electron chi connectivity index (χ1n) is 19.1. The van der Waals surface area contributed by atoms with Crippen molar-refractivity contribution in [3.05, 3.63) is 182 Å². The average molecular weight is 718 g/mol. The van der Waals surface area contributed by atoms with E-state index in [1.165, 1.54) is 0 Å². The highest BCUT2D eigenvalue weighted by Crippen LogP contribution is 2.36. The summed E-state index contributed by atoms with van der Waals surface area (Å²) in [5.41, 5.74) is 10.7. The number of hydrogen-bond acceptors (Lipinski definition) is 6. The first kappa shape index (κ1) is 30.2. The van der Waals surface area contributed by atoms with Crippen molar-refractivity contribution < 1.29 is 0 Å². The van der Waals surface area contributed by atoms with Crippen molar-refractivity contribution in [1.82, 2.24) is 46.8 Å². The van der Waals surface area contributed by atoms with Gasteiger partial charge in [-0.1, -0.05) is 84.6 Å². The van der Waals surface area contributed by atoms with Gasteiger partial charge in [0.25, 0.3) is 0 Å². The van der Waals surface area contributed by atoms with Gasteiger partial charge in [-0.15, -0.1) is 0 Å². The molecule has 0 saturated carbocycles. The average Bonchev–Trinajstić information content (AvgIpc) is 3.99. The van der Waals surface area contributed by atoms with E-state index in [4.69, 9.17) is 9.97 Å². The highest BCUT2D eigenvalue weighted by Gasteiger charge is 2.50. The van der Waals surface area contributed by atoms with E-state index in [0.29, 0.717) is 0 Å². The highest BCUT2D eigenvalue weighted by molar-refractivity contribution is 6.92. The summed E-state index contributed by atoms with van der Waals surface area (Å²) in [6, 6.07) is 34.0. The van der Waals surface area contributed by atoms with Crippen LogP contribution in [-0.4, -0.2) is 74.7 Å². The van der Waals surface area contributed by atoms with Crippen LogP contribution in [0.25, 0.3) is 67.1 Å². The molecule has 10 nitrogen and oxygen atoms in total. The minimum Gasteiger partial charge on any atom is -0.423 e. The minimum atomic E-state index is -0.138. The Labute approximate surface area is 323 Å². The molecule has 0 amide bonds. The first-order valence-corrected chi connectivity index (χ1v) is 19.1. The molecule has 0 spiro atoms. The lowest BCUT2D eigenvalue weighted by molar-refractivity contribution is 0.621. The van der Waals surface area contributed by atoms with Crippen molar-refractivity contribution in [2.75, 3.05) is 0 Å². The molecule has 5 aliphatic heterocycles. The molecule has 14 heteroatoms. The third-order valence-electron chi connectivity index (χ3n) is 11.9. The number of benzene rings is 4. The fourth-order valence-corrected chi connectivity index (χ4v) is 9.56. The highest BCUT2D eigenvalue weighted by atomic mass is 15.3. The molecule has 4 aromatic heterocycles. The van der Waals surface area contributed by atoms with Gasteiger partial charge in [0.1, 0.15) is 0 Å². The number of hydrogen-bond donors (Lipinski definition) is 0. The monoisotopic (exact) mass is 718 g/mol. The fourth-order valence-electron chi connectivity index (χ4n) is 9.56. The number of nitrogens with zero attached hydrogens (tertiary/aromatic N) is 10. The summed E-state index contributed by atoms with van der Waals surface area (Å²) in [7, 11) is 0. The molecule has 4 aromatic carbocycles. The summed E-state index contributed by atoms with van der Waals surface area (Å²) in [5, 5.41) is 0. The Morgan fingerprint density at radius 2 is 0.768 bits per heavy atom. The molecule has 0 radical (unpaired) electrons. The van der Waals surface area contributed by atoms with Crippen LogP contribution in [0.4, 0.5) is 0 Å². The summed E-state index contributed by atoms with van der Waals surface area (Å²) >= 11 is 0. The van der Waals surface area contributed by atoms with E-state index in [1.54, 1.807) is 0 Å². The molecule has 5 aliphatic rings. The van der Waals surface area contributed by atoms with Gasteiger partial charge in [0.15, 0.2) is 0 Å². The van der Waals surface area contributed by atoms with Gasteiger partial charge >= 0.3 is 27.9 Å². The molecule has 1 saturated heterocycles. The van der Waals surface area contributed by atoms with Gasteiger partial charge in [-0.3, -0.25) is 17.9 Å². The molecular weight excluding hydrogens is 688 g/mol. The molecular formula is C42H30B4N10. The lowest BCUT2D eigenvalue weighted by atomic mass is 9.42. The van der Waals surface area contributed by atoms with E-state index < -0.39 is 0 Å². The Morgan fingerprint density at radius 1 is 0.375 bits per heavy atom. The summed E-state index contributed by atoms with van der Waals surface area (Å²) in [6.45, 7) is -0.312. The second-order valence-electron chi connectivity index (χ2n) is 14.8. The van der Waals surface area contributed by atoms with E-state index in [9.17, 15) is 0 Å². The Bertz CT molecular complexity index is 3070. The van der Waals surface area contributed by atoms with E-state index >= 15 is 0 Å². The number of aromatic nitrogens is 6. The predicted molar refractivity (Wildman–Crippen MR) is 230 cm³/mol. The number of allylic oxidation sites excluding steroid dienone is 8. The second-order valence-corrected chi connectivity index (χ2v) is 14.8. The molecule has 8 aromatic rings. The smallest absolute Gasteiger partial charge is 0.380 e.